The summed E-state index contributed by atoms with van der Waals surface area (Å²) in [6, 6.07) is 25.7. The molecule has 1 aliphatic rings. The lowest BCUT2D eigenvalue weighted by atomic mass is 10.1. The van der Waals surface area contributed by atoms with Crippen LogP contribution in [0.1, 0.15) is 31.2 Å². The van der Waals surface area contributed by atoms with Crippen LogP contribution in [0, 0.1) is 0 Å². The van der Waals surface area contributed by atoms with Crippen LogP contribution in [0.25, 0.3) is 37.8 Å². The minimum atomic E-state index is -4.01. The number of hydrogen-bond acceptors (Lipinski definition) is 5. The number of aryl methyl sites for hydroxylation is 1. The van der Waals surface area contributed by atoms with E-state index in [0.29, 0.717) is 18.3 Å². The Hall–Kier alpha value is -2.91. The summed E-state index contributed by atoms with van der Waals surface area (Å²) in [5.74, 6) is -0.248. The minimum Gasteiger partial charge on any atom is -0.361 e. The summed E-state index contributed by atoms with van der Waals surface area (Å²) >= 11 is 3.67. The number of hydrogen-bond donors (Lipinski definition) is 1. The predicted octanol–water partition coefficient (Wildman–Crippen LogP) is 7.52. The lowest BCUT2D eigenvalue weighted by Crippen LogP contribution is -2.36. The Labute approximate surface area is 237 Å². The Bertz CT molecular complexity index is 1840. The molecular weight excluding hydrogens is 545 g/mol. The molecular formula is C31H31N2O3S3+. The molecule has 200 valence electrons. The number of aromatic nitrogens is 1. The molecule has 2 heterocycles. The van der Waals surface area contributed by atoms with Crippen molar-refractivity contribution in [2.45, 2.75) is 43.0 Å². The number of nitrogens with zero attached hydrogens (tertiary/aromatic N) is 2. The summed E-state index contributed by atoms with van der Waals surface area (Å²) in [5, 5.41) is 6.29. The summed E-state index contributed by atoms with van der Waals surface area (Å²) in [6.45, 7) is 2.73. The second-order valence-corrected chi connectivity index (χ2v) is 13.9. The Morgan fingerprint density at radius 2 is 1.69 bits per heavy atom. The van der Waals surface area contributed by atoms with Crippen molar-refractivity contribution >= 4 is 76.7 Å². The van der Waals surface area contributed by atoms with Gasteiger partial charge in [-0.05, 0) is 41.8 Å². The quantitative estimate of drug-likeness (QED) is 0.153. The third-order valence-electron chi connectivity index (χ3n) is 7.53. The van der Waals surface area contributed by atoms with Crippen molar-refractivity contribution in [3.8, 4) is 0 Å². The van der Waals surface area contributed by atoms with Gasteiger partial charge in [-0.3, -0.25) is 4.55 Å². The third kappa shape index (κ3) is 5.18. The van der Waals surface area contributed by atoms with Crippen molar-refractivity contribution < 1.29 is 17.5 Å². The maximum absolute atomic E-state index is 11.5. The number of rotatable bonds is 8. The minimum absolute atomic E-state index is 0.248. The molecule has 0 fully saturated rings. The van der Waals surface area contributed by atoms with Gasteiger partial charge in [-0.15, -0.1) is 0 Å². The van der Waals surface area contributed by atoms with Gasteiger partial charge in [-0.25, -0.2) is 0 Å². The van der Waals surface area contributed by atoms with Crippen molar-refractivity contribution in [2.75, 3.05) is 17.7 Å². The standard InChI is InChI=1S/C31H30N2O3S3/c1-3-21(19-28-32(2)30-24-11-6-4-9-22(24)13-15-26(30)37-28)20-29-33(17-8-18-39(34,35)36)31-25-12-7-5-10-23(25)14-16-27(31)38-29/h4-7,9-16,20,28H,3,8,17-19H2,1-2H3/p+1/b21-20-. The van der Waals surface area contributed by atoms with Crippen molar-refractivity contribution in [3.05, 3.63) is 83.4 Å². The molecule has 4 aromatic carbocycles. The molecule has 0 spiro atoms. The maximum Gasteiger partial charge on any atom is 0.265 e. The third-order valence-corrected chi connectivity index (χ3v) is 10.8. The van der Waals surface area contributed by atoms with Gasteiger partial charge in [-0.1, -0.05) is 90.2 Å². The van der Waals surface area contributed by atoms with Crippen molar-refractivity contribution in [3.63, 3.8) is 0 Å². The number of fused-ring (bicyclic) bond motifs is 6. The Morgan fingerprint density at radius 3 is 2.44 bits per heavy atom. The van der Waals surface area contributed by atoms with Gasteiger partial charge in [0, 0.05) is 29.8 Å². The monoisotopic (exact) mass is 575 g/mol. The van der Waals surface area contributed by atoms with Gasteiger partial charge >= 0.3 is 0 Å². The molecule has 0 saturated heterocycles. The highest BCUT2D eigenvalue weighted by atomic mass is 32.2. The van der Waals surface area contributed by atoms with Gasteiger partial charge in [0.1, 0.15) is 4.70 Å². The largest absolute Gasteiger partial charge is 0.361 e. The molecule has 0 bridgehead atoms. The zero-order chi connectivity index (χ0) is 27.1. The van der Waals surface area contributed by atoms with Crippen LogP contribution in [0.15, 0.2) is 83.3 Å². The molecule has 1 unspecified atom stereocenters. The summed E-state index contributed by atoms with van der Waals surface area (Å²) in [6.07, 6.45) is 4.52. The van der Waals surface area contributed by atoms with E-state index in [1.54, 1.807) is 11.3 Å². The van der Waals surface area contributed by atoms with Gasteiger partial charge in [0.15, 0.2) is 6.54 Å². The SMILES string of the molecule is CC/C(=C/c1sc2ccc3ccccc3c2[n+]1CCCS(=O)(=O)O)CC1Sc2ccc3ccccc3c2N1C. The fourth-order valence-corrected chi connectivity index (χ4v) is 8.61. The van der Waals surface area contributed by atoms with Gasteiger partial charge in [0.05, 0.1) is 22.2 Å². The number of benzene rings is 4. The van der Waals surface area contributed by atoms with E-state index in [-0.39, 0.29) is 5.75 Å². The smallest absolute Gasteiger partial charge is 0.265 e. The van der Waals surface area contributed by atoms with E-state index in [1.165, 1.54) is 31.6 Å². The Balaban J connectivity index is 1.37. The van der Waals surface area contributed by atoms with Crippen molar-refractivity contribution in [1.82, 2.24) is 0 Å². The van der Waals surface area contributed by atoms with Crippen LogP contribution in [0.4, 0.5) is 5.69 Å². The highest BCUT2D eigenvalue weighted by Gasteiger charge is 2.30. The van der Waals surface area contributed by atoms with Crippen LogP contribution < -0.4 is 9.47 Å². The van der Waals surface area contributed by atoms with Crippen LogP contribution in [0.2, 0.25) is 0 Å². The zero-order valence-electron chi connectivity index (χ0n) is 22.0. The van der Waals surface area contributed by atoms with Gasteiger partial charge in [-0.2, -0.15) is 13.0 Å². The number of thiazole rings is 1. The van der Waals surface area contributed by atoms with Crippen LogP contribution in [-0.2, 0) is 16.7 Å². The first-order chi connectivity index (χ1) is 18.8. The van der Waals surface area contributed by atoms with E-state index < -0.39 is 10.1 Å². The molecule has 0 saturated carbocycles. The topological polar surface area (TPSA) is 61.5 Å². The average Bonchev–Trinajstić information content (AvgIpc) is 3.44. The first-order valence-corrected chi connectivity index (χ1v) is 16.5. The normalized spacial score (nSPS) is 16.0. The zero-order valence-corrected chi connectivity index (χ0v) is 24.5. The van der Waals surface area contributed by atoms with E-state index in [2.05, 4.69) is 90.2 Å². The molecule has 1 N–H and O–H groups in total. The number of anilines is 1. The van der Waals surface area contributed by atoms with E-state index in [0.717, 1.165) is 34.1 Å². The summed E-state index contributed by atoms with van der Waals surface area (Å²) in [7, 11) is -1.81. The fourth-order valence-electron chi connectivity index (χ4n) is 5.55. The van der Waals surface area contributed by atoms with Gasteiger partial charge in [0.25, 0.3) is 15.1 Å². The number of thioether (sulfide) groups is 1. The molecule has 1 aromatic heterocycles. The lowest BCUT2D eigenvalue weighted by Gasteiger charge is -2.23. The molecule has 1 aliphatic heterocycles. The van der Waals surface area contributed by atoms with E-state index in [9.17, 15) is 13.0 Å². The van der Waals surface area contributed by atoms with Crippen LogP contribution in [0.3, 0.4) is 0 Å². The van der Waals surface area contributed by atoms with Crippen molar-refractivity contribution in [2.24, 2.45) is 0 Å². The second-order valence-electron chi connectivity index (χ2n) is 10.0. The Morgan fingerprint density at radius 1 is 1.00 bits per heavy atom. The van der Waals surface area contributed by atoms with Gasteiger partial charge < -0.3 is 4.90 Å². The first-order valence-electron chi connectivity index (χ1n) is 13.2. The van der Waals surface area contributed by atoms with E-state index in [1.807, 2.05) is 23.9 Å². The average molecular weight is 576 g/mol. The first kappa shape index (κ1) is 26.3. The summed E-state index contributed by atoms with van der Waals surface area (Å²) in [5.41, 5.74) is 3.80. The van der Waals surface area contributed by atoms with E-state index in [4.69, 9.17) is 0 Å². The van der Waals surface area contributed by atoms with Gasteiger partial charge in [0.2, 0.25) is 5.52 Å². The van der Waals surface area contributed by atoms with Crippen LogP contribution in [0.5, 0.6) is 0 Å². The highest BCUT2D eigenvalue weighted by Crippen LogP contribution is 2.48. The van der Waals surface area contributed by atoms with Crippen LogP contribution >= 0.6 is 23.1 Å². The summed E-state index contributed by atoms with van der Waals surface area (Å²) in [4.78, 5) is 3.75. The molecule has 5 aromatic rings. The molecule has 6 rings (SSSR count). The Kier molecular flexibility index (Phi) is 7.14. The predicted molar refractivity (Wildman–Crippen MR) is 165 cm³/mol. The fraction of sp³-hybridized carbons (Fsp3) is 0.258. The molecule has 0 aliphatic carbocycles. The van der Waals surface area contributed by atoms with Crippen LogP contribution in [-0.4, -0.2) is 31.1 Å². The lowest BCUT2D eigenvalue weighted by molar-refractivity contribution is -0.667. The van der Waals surface area contributed by atoms with Crippen molar-refractivity contribution in [1.29, 1.82) is 0 Å². The molecule has 5 nitrogen and oxygen atoms in total. The second kappa shape index (κ2) is 10.6. The molecule has 0 radical (unpaired) electrons. The highest BCUT2D eigenvalue weighted by molar-refractivity contribution is 8.00. The molecule has 8 heteroatoms. The molecule has 0 amide bonds. The van der Waals surface area contributed by atoms with E-state index >= 15 is 0 Å². The molecule has 39 heavy (non-hydrogen) atoms. The molecule has 1 atom stereocenters. The summed E-state index contributed by atoms with van der Waals surface area (Å²) < 4.78 is 35.7. The maximum atomic E-state index is 11.5.